The standard InChI is InChI=1S/C19H12O6/c1-2-18(21)24-15-8-5-13-9-16(19(22)25-17(13)10-15)12-3-6-14(7-4-12)23-11-20/h2-11H,1H2. The molecule has 0 radical (unpaired) electrons. The van der Waals surface area contributed by atoms with Gasteiger partial charge >= 0.3 is 11.6 Å². The van der Waals surface area contributed by atoms with Gasteiger partial charge in [-0.15, -0.1) is 0 Å². The van der Waals surface area contributed by atoms with E-state index in [1.165, 1.54) is 6.07 Å². The summed E-state index contributed by atoms with van der Waals surface area (Å²) >= 11 is 0. The topological polar surface area (TPSA) is 82.8 Å². The van der Waals surface area contributed by atoms with Crippen LogP contribution >= 0.6 is 0 Å². The minimum Gasteiger partial charge on any atom is -0.429 e. The van der Waals surface area contributed by atoms with Gasteiger partial charge in [-0.05, 0) is 35.9 Å². The van der Waals surface area contributed by atoms with E-state index in [1.54, 1.807) is 42.5 Å². The summed E-state index contributed by atoms with van der Waals surface area (Å²) in [4.78, 5) is 33.8. The van der Waals surface area contributed by atoms with Crippen LogP contribution in [0, 0.1) is 0 Å². The molecule has 0 aliphatic heterocycles. The lowest BCUT2D eigenvalue weighted by molar-refractivity contribution is -0.129. The predicted molar refractivity (Wildman–Crippen MR) is 90.4 cm³/mol. The second-order valence-corrected chi connectivity index (χ2v) is 5.01. The van der Waals surface area contributed by atoms with Gasteiger partial charge in [0.15, 0.2) is 0 Å². The number of esters is 1. The molecule has 0 atom stereocenters. The molecule has 2 aromatic carbocycles. The molecule has 0 amide bonds. The third kappa shape index (κ3) is 3.48. The summed E-state index contributed by atoms with van der Waals surface area (Å²) in [5.74, 6) is 0.0252. The third-order valence-corrected chi connectivity index (χ3v) is 3.44. The summed E-state index contributed by atoms with van der Waals surface area (Å²) in [5, 5.41) is 0.668. The Morgan fingerprint density at radius 3 is 2.44 bits per heavy atom. The Morgan fingerprint density at radius 2 is 1.76 bits per heavy atom. The number of hydrogen-bond donors (Lipinski definition) is 0. The van der Waals surface area contributed by atoms with Gasteiger partial charge in [-0.1, -0.05) is 18.7 Å². The maximum absolute atomic E-state index is 12.3. The monoisotopic (exact) mass is 336 g/mol. The van der Waals surface area contributed by atoms with Gasteiger partial charge in [0.1, 0.15) is 17.1 Å². The molecule has 0 saturated carbocycles. The molecule has 6 nitrogen and oxygen atoms in total. The van der Waals surface area contributed by atoms with Crippen molar-refractivity contribution in [3.8, 4) is 22.6 Å². The first kappa shape index (κ1) is 16.2. The van der Waals surface area contributed by atoms with E-state index in [1.807, 2.05) is 0 Å². The van der Waals surface area contributed by atoms with E-state index in [9.17, 15) is 14.4 Å². The molecular formula is C19H12O6. The van der Waals surface area contributed by atoms with Crippen LogP contribution in [-0.4, -0.2) is 12.4 Å². The fourth-order valence-corrected chi connectivity index (χ4v) is 2.28. The number of carbonyl (C=O) groups excluding carboxylic acids is 2. The summed E-state index contributed by atoms with van der Waals surface area (Å²) in [6.07, 6.45) is 1.04. The van der Waals surface area contributed by atoms with E-state index in [0.717, 1.165) is 6.08 Å². The molecule has 0 spiro atoms. The predicted octanol–water partition coefficient (Wildman–Crippen LogP) is 3.09. The molecule has 0 bridgehead atoms. The number of carbonyl (C=O) groups is 2. The van der Waals surface area contributed by atoms with Crippen molar-refractivity contribution in [3.63, 3.8) is 0 Å². The van der Waals surface area contributed by atoms with Crippen molar-refractivity contribution in [1.82, 2.24) is 0 Å². The maximum Gasteiger partial charge on any atom is 0.344 e. The molecule has 0 fully saturated rings. The van der Waals surface area contributed by atoms with E-state index in [2.05, 4.69) is 6.58 Å². The molecule has 0 aliphatic rings. The van der Waals surface area contributed by atoms with Crippen LogP contribution in [0.25, 0.3) is 22.1 Å². The van der Waals surface area contributed by atoms with Crippen molar-refractivity contribution in [2.45, 2.75) is 0 Å². The highest BCUT2D eigenvalue weighted by atomic mass is 16.5. The molecule has 1 heterocycles. The highest BCUT2D eigenvalue weighted by Gasteiger charge is 2.10. The van der Waals surface area contributed by atoms with Crippen LogP contribution in [0.3, 0.4) is 0 Å². The fraction of sp³-hybridized carbons (Fsp3) is 0. The molecule has 3 aromatic rings. The van der Waals surface area contributed by atoms with Crippen LogP contribution in [-0.2, 0) is 9.59 Å². The Bertz CT molecular complexity index is 1010. The van der Waals surface area contributed by atoms with E-state index in [4.69, 9.17) is 13.9 Å². The minimum atomic E-state index is -0.601. The number of fused-ring (bicyclic) bond motifs is 1. The lowest BCUT2D eigenvalue weighted by Crippen LogP contribution is -2.04. The summed E-state index contributed by atoms with van der Waals surface area (Å²) < 4.78 is 15.0. The number of hydrogen-bond acceptors (Lipinski definition) is 6. The van der Waals surface area contributed by atoms with Gasteiger partial charge in [0.05, 0.1) is 5.56 Å². The Labute approximate surface area is 141 Å². The molecule has 6 heteroatoms. The van der Waals surface area contributed by atoms with E-state index >= 15 is 0 Å². The largest absolute Gasteiger partial charge is 0.429 e. The first-order valence-corrected chi connectivity index (χ1v) is 7.23. The van der Waals surface area contributed by atoms with Crippen LogP contribution in [0.15, 0.2) is 70.4 Å². The molecule has 0 saturated heterocycles. The zero-order valence-electron chi connectivity index (χ0n) is 12.9. The van der Waals surface area contributed by atoms with Gasteiger partial charge in [0, 0.05) is 17.5 Å². The lowest BCUT2D eigenvalue weighted by Gasteiger charge is -2.05. The number of rotatable bonds is 5. The average Bonchev–Trinajstić information content (AvgIpc) is 2.62. The van der Waals surface area contributed by atoms with E-state index in [-0.39, 0.29) is 5.75 Å². The smallest absolute Gasteiger partial charge is 0.344 e. The van der Waals surface area contributed by atoms with Crippen molar-refractivity contribution in [1.29, 1.82) is 0 Å². The lowest BCUT2D eigenvalue weighted by atomic mass is 10.1. The number of benzene rings is 2. The molecule has 0 unspecified atom stereocenters. The van der Waals surface area contributed by atoms with Gasteiger partial charge < -0.3 is 13.9 Å². The summed E-state index contributed by atoms with van der Waals surface area (Å²) in [7, 11) is 0. The van der Waals surface area contributed by atoms with Crippen LogP contribution in [0.4, 0.5) is 0 Å². The zero-order valence-corrected chi connectivity index (χ0v) is 12.9. The molecule has 1 aromatic heterocycles. The van der Waals surface area contributed by atoms with E-state index in [0.29, 0.717) is 34.3 Å². The maximum atomic E-state index is 12.3. The highest BCUT2D eigenvalue weighted by Crippen LogP contribution is 2.25. The molecule has 124 valence electrons. The van der Waals surface area contributed by atoms with Gasteiger partial charge in [-0.3, -0.25) is 4.79 Å². The van der Waals surface area contributed by atoms with Crippen LogP contribution in [0.1, 0.15) is 0 Å². The third-order valence-electron chi connectivity index (χ3n) is 3.44. The van der Waals surface area contributed by atoms with Gasteiger partial charge in [-0.2, -0.15) is 0 Å². The average molecular weight is 336 g/mol. The second kappa shape index (κ2) is 6.84. The quantitative estimate of drug-likeness (QED) is 0.234. The van der Waals surface area contributed by atoms with Crippen molar-refractivity contribution in [2.75, 3.05) is 0 Å². The Kier molecular flexibility index (Phi) is 4.43. The first-order valence-electron chi connectivity index (χ1n) is 7.23. The summed E-state index contributed by atoms with van der Waals surface area (Å²) in [6, 6.07) is 12.9. The van der Waals surface area contributed by atoms with Crippen LogP contribution in [0.2, 0.25) is 0 Å². The summed E-state index contributed by atoms with van der Waals surface area (Å²) in [6.45, 7) is 3.65. The Hall–Kier alpha value is -3.67. The molecular weight excluding hydrogens is 324 g/mol. The zero-order chi connectivity index (χ0) is 17.8. The van der Waals surface area contributed by atoms with Crippen molar-refractivity contribution in [3.05, 3.63) is 71.6 Å². The van der Waals surface area contributed by atoms with Crippen LogP contribution < -0.4 is 15.1 Å². The first-order chi connectivity index (χ1) is 12.1. The van der Waals surface area contributed by atoms with Crippen molar-refractivity contribution in [2.24, 2.45) is 0 Å². The molecule has 3 rings (SSSR count). The normalized spacial score (nSPS) is 10.2. The minimum absolute atomic E-state index is 0.253. The van der Waals surface area contributed by atoms with Crippen molar-refractivity contribution < 1.29 is 23.5 Å². The molecule has 25 heavy (non-hydrogen) atoms. The highest BCUT2D eigenvalue weighted by molar-refractivity contribution is 5.86. The van der Waals surface area contributed by atoms with Gasteiger partial charge in [0.2, 0.25) is 0 Å². The number of ether oxygens (including phenoxy) is 2. The van der Waals surface area contributed by atoms with Crippen LogP contribution in [0.5, 0.6) is 11.5 Å². The van der Waals surface area contributed by atoms with Gasteiger partial charge in [0.25, 0.3) is 6.47 Å². The SMILES string of the molecule is C=CC(=O)Oc1ccc2cc(-c3ccc(OC=O)cc3)c(=O)oc2c1. The molecule has 0 aliphatic carbocycles. The Morgan fingerprint density at radius 1 is 1.04 bits per heavy atom. The van der Waals surface area contributed by atoms with E-state index < -0.39 is 11.6 Å². The molecule has 0 N–H and O–H groups in total. The van der Waals surface area contributed by atoms with Gasteiger partial charge in [-0.25, -0.2) is 9.59 Å². The van der Waals surface area contributed by atoms with Crippen molar-refractivity contribution >= 4 is 23.4 Å². The second-order valence-electron chi connectivity index (χ2n) is 5.01. The summed E-state index contributed by atoms with van der Waals surface area (Å²) in [5.41, 5.74) is 0.741. The Balaban J connectivity index is 2.00. The fourth-order valence-electron chi connectivity index (χ4n) is 2.28.